The summed E-state index contributed by atoms with van der Waals surface area (Å²) >= 11 is 1.41. The van der Waals surface area contributed by atoms with Gasteiger partial charge in [-0.1, -0.05) is 29.5 Å². The minimum absolute atomic E-state index is 0.283. The van der Waals surface area contributed by atoms with Gasteiger partial charge in [0.25, 0.3) is 0 Å². The van der Waals surface area contributed by atoms with Crippen LogP contribution in [0.15, 0.2) is 48.7 Å². The molecule has 0 unspecified atom stereocenters. The lowest BCUT2D eigenvalue weighted by Crippen LogP contribution is -2.14. The van der Waals surface area contributed by atoms with Crippen LogP contribution >= 0.6 is 11.3 Å². The van der Waals surface area contributed by atoms with Crippen LogP contribution in [-0.4, -0.2) is 27.3 Å². The molecule has 2 aromatic heterocycles. The van der Waals surface area contributed by atoms with Crippen molar-refractivity contribution in [2.24, 2.45) is 5.92 Å². The van der Waals surface area contributed by atoms with Gasteiger partial charge in [-0.2, -0.15) is 5.10 Å². The summed E-state index contributed by atoms with van der Waals surface area (Å²) in [7, 11) is 0. The predicted molar refractivity (Wildman–Crippen MR) is 109 cm³/mol. The quantitative estimate of drug-likeness (QED) is 0.516. The maximum atomic E-state index is 13.1. The number of rotatable bonds is 4. The van der Waals surface area contributed by atoms with Crippen molar-refractivity contribution in [1.82, 2.24) is 15.2 Å². The SMILES string of the molecule is Cc1ccc(-c2cc[nH]n2)cc1-c1ccc2nc(NC(=O)[C@@H]3C[C@@H]3F)sc2c1. The molecule has 5 rings (SSSR count). The highest BCUT2D eigenvalue weighted by atomic mass is 32.1. The number of benzene rings is 2. The van der Waals surface area contributed by atoms with Crippen molar-refractivity contribution in [3.05, 3.63) is 54.2 Å². The minimum atomic E-state index is -1.01. The molecule has 1 amide bonds. The Bertz CT molecular complexity index is 1180. The second-order valence-electron chi connectivity index (χ2n) is 7.04. The summed E-state index contributed by atoms with van der Waals surface area (Å²) in [6.45, 7) is 2.08. The highest BCUT2D eigenvalue weighted by molar-refractivity contribution is 7.22. The normalized spacial score (nSPS) is 18.4. The minimum Gasteiger partial charge on any atom is -0.302 e. The molecule has 1 fully saturated rings. The van der Waals surface area contributed by atoms with Crippen molar-refractivity contribution in [2.75, 3.05) is 5.32 Å². The van der Waals surface area contributed by atoms with Crippen molar-refractivity contribution >= 4 is 32.6 Å². The summed E-state index contributed by atoms with van der Waals surface area (Å²) in [5.41, 5.74) is 6.13. The fourth-order valence-electron chi connectivity index (χ4n) is 3.29. The molecule has 2 aromatic carbocycles. The van der Waals surface area contributed by atoms with Gasteiger partial charge in [-0.25, -0.2) is 9.37 Å². The molecule has 28 heavy (non-hydrogen) atoms. The van der Waals surface area contributed by atoms with Crippen LogP contribution in [0.25, 0.3) is 32.6 Å². The standard InChI is InChI=1S/C21H17FN4OS/c1-11-2-3-13(17-6-7-23-26-17)8-14(11)12-4-5-18-19(9-12)28-21(24-18)25-20(27)15-10-16(15)22/h2-9,15-16H,10H2,1H3,(H,23,26)(H,24,25,27)/t15-,16+/m1/s1. The molecule has 2 heterocycles. The number of carbonyl (C=O) groups excluding carboxylic acids is 1. The number of aryl methyl sites for hydroxylation is 1. The molecule has 0 aliphatic heterocycles. The predicted octanol–water partition coefficient (Wildman–Crippen LogP) is 4.96. The Morgan fingerprint density at radius 3 is 2.79 bits per heavy atom. The lowest BCUT2D eigenvalue weighted by atomic mass is 9.97. The number of aromatic amines is 1. The van der Waals surface area contributed by atoms with E-state index in [1.54, 1.807) is 6.20 Å². The molecule has 0 saturated heterocycles. The van der Waals surface area contributed by atoms with E-state index in [2.05, 4.69) is 51.7 Å². The third-order valence-electron chi connectivity index (χ3n) is 5.01. The van der Waals surface area contributed by atoms with Crippen LogP contribution in [0, 0.1) is 12.8 Å². The van der Waals surface area contributed by atoms with Crippen LogP contribution in [0.1, 0.15) is 12.0 Å². The first kappa shape index (κ1) is 17.1. The van der Waals surface area contributed by atoms with Gasteiger partial charge in [0, 0.05) is 11.8 Å². The Morgan fingerprint density at radius 2 is 2.04 bits per heavy atom. The number of thiazole rings is 1. The number of fused-ring (bicyclic) bond motifs is 1. The van der Waals surface area contributed by atoms with Crippen LogP contribution in [0.3, 0.4) is 0 Å². The van der Waals surface area contributed by atoms with E-state index < -0.39 is 12.1 Å². The summed E-state index contributed by atoms with van der Waals surface area (Å²) in [6.07, 6.45) is 1.11. The number of hydrogen-bond acceptors (Lipinski definition) is 4. The summed E-state index contributed by atoms with van der Waals surface area (Å²) < 4.78 is 14.0. The first-order valence-corrected chi connectivity index (χ1v) is 9.87. The summed E-state index contributed by atoms with van der Waals surface area (Å²) in [6, 6.07) is 14.3. The van der Waals surface area contributed by atoms with E-state index in [1.807, 2.05) is 18.2 Å². The number of hydrogen-bond donors (Lipinski definition) is 2. The Morgan fingerprint density at radius 1 is 1.21 bits per heavy atom. The monoisotopic (exact) mass is 392 g/mol. The molecule has 1 saturated carbocycles. The summed E-state index contributed by atoms with van der Waals surface area (Å²) in [5, 5.41) is 10.4. The van der Waals surface area contributed by atoms with E-state index in [0.717, 1.165) is 32.6 Å². The van der Waals surface area contributed by atoms with Crippen LogP contribution < -0.4 is 5.32 Å². The second kappa shape index (κ2) is 6.53. The van der Waals surface area contributed by atoms with Crippen LogP contribution in [-0.2, 0) is 4.79 Å². The summed E-state index contributed by atoms with van der Waals surface area (Å²) in [4.78, 5) is 16.4. The number of aromatic nitrogens is 3. The first-order valence-electron chi connectivity index (χ1n) is 9.05. The molecular formula is C21H17FN4OS. The molecule has 1 aliphatic carbocycles. The number of alkyl halides is 1. The van der Waals surface area contributed by atoms with E-state index >= 15 is 0 Å². The number of nitrogens with zero attached hydrogens (tertiary/aromatic N) is 2. The molecule has 5 nitrogen and oxygen atoms in total. The topological polar surface area (TPSA) is 70.7 Å². The number of carbonyl (C=O) groups is 1. The lowest BCUT2D eigenvalue weighted by molar-refractivity contribution is -0.117. The molecule has 4 aromatic rings. The first-order chi connectivity index (χ1) is 13.6. The molecule has 0 bridgehead atoms. The number of anilines is 1. The van der Waals surface area contributed by atoms with E-state index in [4.69, 9.17) is 0 Å². The van der Waals surface area contributed by atoms with Gasteiger partial charge in [-0.05, 0) is 54.3 Å². The van der Waals surface area contributed by atoms with Gasteiger partial charge < -0.3 is 5.32 Å². The van der Waals surface area contributed by atoms with E-state index in [0.29, 0.717) is 11.6 Å². The fraction of sp³-hybridized carbons (Fsp3) is 0.190. The van der Waals surface area contributed by atoms with Crippen LogP contribution in [0.4, 0.5) is 9.52 Å². The molecular weight excluding hydrogens is 375 g/mol. The van der Waals surface area contributed by atoms with Gasteiger partial charge in [-0.15, -0.1) is 0 Å². The maximum absolute atomic E-state index is 13.1. The zero-order chi connectivity index (χ0) is 19.3. The number of H-pyrrole nitrogens is 1. The molecule has 2 N–H and O–H groups in total. The molecule has 1 aliphatic rings. The Balaban J connectivity index is 1.48. The van der Waals surface area contributed by atoms with E-state index in [-0.39, 0.29) is 5.91 Å². The molecule has 0 radical (unpaired) electrons. The Labute approximate surface area is 164 Å². The highest BCUT2D eigenvalue weighted by Gasteiger charge is 2.43. The fourth-order valence-corrected chi connectivity index (χ4v) is 4.20. The average Bonchev–Trinajstić information content (AvgIpc) is 3.09. The van der Waals surface area contributed by atoms with Crippen LogP contribution in [0.5, 0.6) is 0 Å². The second-order valence-corrected chi connectivity index (χ2v) is 8.07. The van der Waals surface area contributed by atoms with Crippen molar-refractivity contribution in [3.8, 4) is 22.4 Å². The van der Waals surface area contributed by atoms with Gasteiger partial charge in [0.1, 0.15) is 6.17 Å². The van der Waals surface area contributed by atoms with Gasteiger partial charge >= 0.3 is 0 Å². The molecule has 140 valence electrons. The maximum Gasteiger partial charge on any atom is 0.232 e. The molecule has 2 atom stereocenters. The molecule has 7 heteroatoms. The van der Waals surface area contributed by atoms with E-state index in [1.165, 1.54) is 16.9 Å². The van der Waals surface area contributed by atoms with Gasteiger partial charge in [0.2, 0.25) is 5.91 Å². The largest absolute Gasteiger partial charge is 0.302 e. The Kier molecular flexibility index (Phi) is 3.98. The highest BCUT2D eigenvalue weighted by Crippen LogP contribution is 2.37. The van der Waals surface area contributed by atoms with Crippen molar-refractivity contribution in [1.29, 1.82) is 0 Å². The van der Waals surface area contributed by atoms with Gasteiger partial charge in [0.15, 0.2) is 5.13 Å². The smallest absolute Gasteiger partial charge is 0.232 e. The zero-order valence-corrected chi connectivity index (χ0v) is 15.9. The Hall–Kier alpha value is -3.06. The zero-order valence-electron chi connectivity index (χ0n) is 15.1. The van der Waals surface area contributed by atoms with Crippen molar-refractivity contribution in [3.63, 3.8) is 0 Å². The number of halogens is 1. The van der Waals surface area contributed by atoms with Crippen molar-refractivity contribution in [2.45, 2.75) is 19.5 Å². The van der Waals surface area contributed by atoms with Crippen LogP contribution in [0.2, 0.25) is 0 Å². The number of nitrogens with one attached hydrogen (secondary N) is 2. The van der Waals surface area contributed by atoms with E-state index in [9.17, 15) is 9.18 Å². The summed E-state index contributed by atoms with van der Waals surface area (Å²) in [5.74, 6) is -0.802. The van der Waals surface area contributed by atoms with Crippen molar-refractivity contribution < 1.29 is 9.18 Å². The lowest BCUT2D eigenvalue weighted by Gasteiger charge is -2.08. The third kappa shape index (κ3) is 3.07. The average molecular weight is 392 g/mol. The third-order valence-corrected chi connectivity index (χ3v) is 5.95. The number of amides is 1. The van der Waals surface area contributed by atoms with Gasteiger partial charge in [-0.3, -0.25) is 9.89 Å². The molecule has 0 spiro atoms. The van der Waals surface area contributed by atoms with Gasteiger partial charge in [0.05, 0.1) is 21.8 Å².